The predicted octanol–water partition coefficient (Wildman–Crippen LogP) is 5.92. The zero-order valence-electron chi connectivity index (χ0n) is 17.0. The SMILES string of the molecule is CC(C)[C@@H](O)[C@H](/C=C\C=C\CO[Si](C)(C)C(C)(C)C)c1ccccc1. The van der Waals surface area contributed by atoms with Crippen molar-refractivity contribution in [3.05, 3.63) is 60.2 Å². The van der Waals surface area contributed by atoms with Gasteiger partial charge >= 0.3 is 0 Å². The highest BCUT2D eigenvalue weighted by atomic mass is 28.4. The second-order valence-electron chi connectivity index (χ2n) is 8.56. The summed E-state index contributed by atoms with van der Waals surface area (Å²) < 4.78 is 6.14. The summed E-state index contributed by atoms with van der Waals surface area (Å²) in [6.07, 6.45) is 7.80. The van der Waals surface area contributed by atoms with Crippen LogP contribution in [0.4, 0.5) is 0 Å². The number of hydrogen-bond acceptors (Lipinski definition) is 2. The van der Waals surface area contributed by atoms with Crippen LogP contribution in [-0.4, -0.2) is 26.1 Å². The van der Waals surface area contributed by atoms with Crippen molar-refractivity contribution in [1.82, 2.24) is 0 Å². The van der Waals surface area contributed by atoms with Crippen LogP contribution in [0.3, 0.4) is 0 Å². The Hall–Kier alpha value is -1.16. The molecule has 25 heavy (non-hydrogen) atoms. The molecular formula is C22H36O2Si. The second kappa shape index (κ2) is 9.51. The molecule has 0 saturated heterocycles. The lowest BCUT2D eigenvalue weighted by Crippen LogP contribution is -2.40. The van der Waals surface area contributed by atoms with Crippen LogP contribution in [0.2, 0.25) is 18.1 Å². The highest BCUT2D eigenvalue weighted by Gasteiger charge is 2.36. The molecule has 1 N–H and O–H groups in total. The van der Waals surface area contributed by atoms with Gasteiger partial charge in [0.25, 0.3) is 0 Å². The molecule has 2 nitrogen and oxygen atoms in total. The molecule has 2 atom stereocenters. The van der Waals surface area contributed by atoms with Gasteiger partial charge in [0, 0.05) is 5.92 Å². The van der Waals surface area contributed by atoms with Gasteiger partial charge in [0.15, 0.2) is 8.32 Å². The maximum atomic E-state index is 10.5. The summed E-state index contributed by atoms with van der Waals surface area (Å²) in [5.41, 5.74) is 1.14. The van der Waals surface area contributed by atoms with Crippen LogP contribution in [0.1, 0.15) is 46.1 Å². The van der Waals surface area contributed by atoms with Gasteiger partial charge in [-0.3, -0.25) is 0 Å². The van der Waals surface area contributed by atoms with Crippen LogP contribution < -0.4 is 0 Å². The van der Waals surface area contributed by atoms with Gasteiger partial charge < -0.3 is 9.53 Å². The molecule has 140 valence electrons. The smallest absolute Gasteiger partial charge is 0.192 e. The molecule has 0 aliphatic rings. The van der Waals surface area contributed by atoms with Gasteiger partial charge in [0.1, 0.15) is 0 Å². The molecule has 1 aromatic rings. The lowest BCUT2D eigenvalue weighted by atomic mass is 9.87. The molecule has 1 rings (SSSR count). The standard InChI is InChI=1S/C22H36O2Si/c1-18(2)21(23)20(19-14-10-8-11-15-19)16-12-9-13-17-24-25(6,7)22(3,4)5/h8-16,18,20-21,23H,17H2,1-7H3/b13-9+,16-12-/t20-,21-/m1/s1. The molecule has 1 aromatic carbocycles. The van der Waals surface area contributed by atoms with E-state index in [-0.39, 0.29) is 16.9 Å². The molecular weight excluding hydrogens is 324 g/mol. The number of aliphatic hydroxyl groups is 1. The van der Waals surface area contributed by atoms with E-state index in [1.165, 1.54) is 0 Å². The van der Waals surface area contributed by atoms with E-state index in [1.807, 2.05) is 30.4 Å². The van der Waals surface area contributed by atoms with Crippen molar-refractivity contribution >= 4 is 8.32 Å². The normalized spacial score (nSPS) is 16.0. The van der Waals surface area contributed by atoms with Crippen molar-refractivity contribution in [1.29, 1.82) is 0 Å². The number of aliphatic hydroxyl groups excluding tert-OH is 1. The first-order valence-corrected chi connectivity index (χ1v) is 12.2. The molecule has 0 aliphatic carbocycles. The van der Waals surface area contributed by atoms with Crippen molar-refractivity contribution in [3.8, 4) is 0 Å². The Morgan fingerprint density at radius 3 is 2.20 bits per heavy atom. The first-order valence-electron chi connectivity index (χ1n) is 9.26. The van der Waals surface area contributed by atoms with E-state index >= 15 is 0 Å². The van der Waals surface area contributed by atoms with Gasteiger partial charge in [0.05, 0.1) is 12.7 Å². The van der Waals surface area contributed by atoms with Crippen LogP contribution >= 0.6 is 0 Å². The number of rotatable bonds is 8. The van der Waals surface area contributed by atoms with E-state index < -0.39 is 14.4 Å². The molecule has 0 aliphatic heterocycles. The fraction of sp³-hybridized carbons (Fsp3) is 0.545. The maximum Gasteiger partial charge on any atom is 0.192 e. The topological polar surface area (TPSA) is 29.5 Å². The summed E-state index contributed by atoms with van der Waals surface area (Å²) in [6, 6.07) is 10.2. The largest absolute Gasteiger partial charge is 0.413 e. The highest BCUT2D eigenvalue weighted by Crippen LogP contribution is 2.36. The number of hydrogen-bond donors (Lipinski definition) is 1. The van der Waals surface area contributed by atoms with Crippen molar-refractivity contribution in [2.24, 2.45) is 5.92 Å². The van der Waals surface area contributed by atoms with Crippen LogP contribution in [-0.2, 0) is 4.43 Å². The van der Waals surface area contributed by atoms with Gasteiger partial charge in [0.2, 0.25) is 0 Å². The third kappa shape index (κ3) is 6.93. The molecule has 0 radical (unpaired) electrons. The number of benzene rings is 1. The van der Waals surface area contributed by atoms with E-state index in [4.69, 9.17) is 4.43 Å². The maximum absolute atomic E-state index is 10.5. The van der Waals surface area contributed by atoms with Crippen LogP contribution in [0, 0.1) is 5.92 Å². The lowest BCUT2D eigenvalue weighted by Gasteiger charge is -2.35. The molecule has 0 fully saturated rings. The molecule has 0 saturated carbocycles. The van der Waals surface area contributed by atoms with Gasteiger partial charge in [-0.05, 0) is 29.6 Å². The van der Waals surface area contributed by atoms with Crippen molar-refractivity contribution in [3.63, 3.8) is 0 Å². The fourth-order valence-corrected chi connectivity index (χ4v) is 3.25. The Morgan fingerprint density at radius 1 is 1.08 bits per heavy atom. The summed E-state index contributed by atoms with van der Waals surface area (Å²) >= 11 is 0. The summed E-state index contributed by atoms with van der Waals surface area (Å²) in [7, 11) is -1.69. The predicted molar refractivity (Wildman–Crippen MR) is 111 cm³/mol. The second-order valence-corrected chi connectivity index (χ2v) is 13.4. The van der Waals surface area contributed by atoms with Crippen molar-refractivity contribution in [2.45, 2.75) is 64.8 Å². The van der Waals surface area contributed by atoms with Gasteiger partial charge in [-0.2, -0.15) is 0 Å². The van der Waals surface area contributed by atoms with Crippen LogP contribution in [0.15, 0.2) is 54.6 Å². The van der Waals surface area contributed by atoms with E-state index in [0.717, 1.165) is 5.56 Å². The average Bonchev–Trinajstić information content (AvgIpc) is 2.53. The Kier molecular flexibility index (Phi) is 8.32. The summed E-state index contributed by atoms with van der Waals surface area (Å²) in [4.78, 5) is 0. The van der Waals surface area contributed by atoms with E-state index in [0.29, 0.717) is 6.61 Å². The monoisotopic (exact) mass is 360 g/mol. The molecule has 0 bridgehead atoms. The zero-order chi connectivity index (χ0) is 19.1. The quantitative estimate of drug-likeness (QED) is 0.460. The Morgan fingerprint density at radius 2 is 1.68 bits per heavy atom. The summed E-state index contributed by atoms with van der Waals surface area (Å²) in [6.45, 7) is 16.0. The molecule has 0 unspecified atom stereocenters. The highest BCUT2D eigenvalue weighted by molar-refractivity contribution is 6.74. The molecule has 0 heterocycles. The molecule has 0 amide bonds. The lowest BCUT2D eigenvalue weighted by molar-refractivity contribution is 0.111. The van der Waals surface area contributed by atoms with Crippen molar-refractivity contribution in [2.75, 3.05) is 6.61 Å². The first-order chi connectivity index (χ1) is 11.6. The molecule has 3 heteroatoms. The fourth-order valence-electron chi connectivity index (χ4n) is 2.30. The zero-order valence-corrected chi connectivity index (χ0v) is 18.0. The summed E-state index contributed by atoms with van der Waals surface area (Å²) in [5, 5.41) is 10.8. The Labute approximate surface area is 155 Å². The minimum absolute atomic E-state index is 0.00663. The third-order valence-electron chi connectivity index (χ3n) is 5.15. The van der Waals surface area contributed by atoms with Gasteiger partial charge in [-0.15, -0.1) is 0 Å². The van der Waals surface area contributed by atoms with E-state index in [2.05, 4.69) is 72.0 Å². The average molecular weight is 361 g/mol. The first kappa shape index (κ1) is 21.9. The van der Waals surface area contributed by atoms with Crippen LogP contribution in [0.5, 0.6) is 0 Å². The van der Waals surface area contributed by atoms with Crippen molar-refractivity contribution < 1.29 is 9.53 Å². The summed E-state index contributed by atoms with van der Waals surface area (Å²) in [5.74, 6) is 0.216. The third-order valence-corrected chi connectivity index (χ3v) is 9.65. The van der Waals surface area contributed by atoms with Crippen LogP contribution in [0.25, 0.3) is 0 Å². The molecule has 0 spiro atoms. The van der Waals surface area contributed by atoms with E-state index in [9.17, 15) is 5.11 Å². The Balaban J connectivity index is 2.69. The van der Waals surface area contributed by atoms with Gasteiger partial charge in [-0.25, -0.2) is 0 Å². The van der Waals surface area contributed by atoms with Gasteiger partial charge in [-0.1, -0.05) is 89.3 Å². The minimum Gasteiger partial charge on any atom is -0.413 e. The minimum atomic E-state index is -1.69. The molecule has 0 aromatic heterocycles. The Bertz CT molecular complexity index is 553. The van der Waals surface area contributed by atoms with E-state index in [1.54, 1.807) is 0 Å². The number of allylic oxidation sites excluding steroid dienone is 2.